The fourth-order valence-corrected chi connectivity index (χ4v) is 5.20. The maximum absolute atomic E-state index is 13.4. The largest absolute Gasteiger partial charge is 0.405 e. The third kappa shape index (κ3) is 3.39. The molecule has 0 N–H and O–H groups in total. The molecular weight excluding hydrogens is 287 g/mol. The van der Waals surface area contributed by atoms with Gasteiger partial charge in [0.15, 0.2) is 0 Å². The highest BCUT2D eigenvalue weighted by Gasteiger charge is 2.50. The van der Waals surface area contributed by atoms with E-state index in [4.69, 9.17) is 4.52 Å². The Balaban J connectivity index is 3.20. The van der Waals surface area contributed by atoms with Crippen LogP contribution in [0.5, 0.6) is 0 Å². The van der Waals surface area contributed by atoms with Crippen molar-refractivity contribution in [2.45, 2.75) is 71.7 Å². The highest BCUT2D eigenvalue weighted by molar-refractivity contribution is 7.62. The molecule has 21 heavy (non-hydrogen) atoms. The fraction of sp³-hybridized carbons (Fsp3) is 0.733. The molecule has 6 heteroatoms. The highest BCUT2D eigenvalue weighted by atomic mass is 31.2. The second-order valence-electron chi connectivity index (χ2n) is 7.52. The molecule has 0 aromatic carbocycles. The summed E-state index contributed by atoms with van der Waals surface area (Å²) in [6.07, 6.45) is 3.27. The smallest absolute Gasteiger partial charge is 0.379 e. The molecule has 1 aromatic rings. The van der Waals surface area contributed by atoms with E-state index < -0.39 is 23.7 Å². The summed E-state index contributed by atoms with van der Waals surface area (Å²) >= 11 is 0. The zero-order valence-corrected chi connectivity index (χ0v) is 15.2. The minimum absolute atomic E-state index is 0.0821. The Morgan fingerprint density at radius 1 is 1.19 bits per heavy atom. The SMILES string of the molecule is CC(C)n1ccnc1C(=O)OP(=O)(C(C)(C)C)C(C)(C)C. The zero-order chi connectivity index (χ0) is 16.6. The Morgan fingerprint density at radius 3 is 2.05 bits per heavy atom. The van der Waals surface area contributed by atoms with Gasteiger partial charge in [0.1, 0.15) is 0 Å². The van der Waals surface area contributed by atoms with Gasteiger partial charge in [-0.15, -0.1) is 0 Å². The van der Waals surface area contributed by atoms with Crippen molar-refractivity contribution in [3.63, 3.8) is 0 Å². The Kier molecular flexibility index (Phi) is 4.79. The quantitative estimate of drug-likeness (QED) is 0.771. The molecule has 0 aliphatic carbocycles. The van der Waals surface area contributed by atoms with Gasteiger partial charge in [-0.25, -0.2) is 9.78 Å². The van der Waals surface area contributed by atoms with Crippen LogP contribution in [0.3, 0.4) is 0 Å². The average molecular weight is 314 g/mol. The van der Waals surface area contributed by atoms with Crippen molar-refractivity contribution in [1.82, 2.24) is 9.55 Å². The number of nitrogens with zero attached hydrogens (tertiary/aromatic N) is 2. The van der Waals surface area contributed by atoms with E-state index in [-0.39, 0.29) is 11.9 Å². The Bertz CT molecular complexity index is 544. The van der Waals surface area contributed by atoms with Crippen molar-refractivity contribution < 1.29 is 13.9 Å². The van der Waals surface area contributed by atoms with E-state index in [2.05, 4.69) is 4.98 Å². The topological polar surface area (TPSA) is 61.2 Å². The summed E-state index contributed by atoms with van der Waals surface area (Å²) in [7, 11) is -3.24. The lowest BCUT2D eigenvalue weighted by Gasteiger charge is -2.39. The Hall–Kier alpha value is -1.09. The predicted molar refractivity (Wildman–Crippen MR) is 85.1 cm³/mol. The first-order valence-electron chi connectivity index (χ1n) is 7.18. The van der Waals surface area contributed by atoms with E-state index in [1.165, 1.54) is 0 Å². The van der Waals surface area contributed by atoms with Crippen LogP contribution in [0.25, 0.3) is 0 Å². The highest BCUT2D eigenvalue weighted by Crippen LogP contribution is 2.67. The third-order valence-corrected chi connectivity index (χ3v) is 7.34. The lowest BCUT2D eigenvalue weighted by molar-refractivity contribution is 0.0707. The van der Waals surface area contributed by atoms with Gasteiger partial charge in [0, 0.05) is 28.7 Å². The number of rotatable bonds is 3. The van der Waals surface area contributed by atoms with Crippen LogP contribution >= 0.6 is 7.37 Å². The van der Waals surface area contributed by atoms with Crippen LogP contribution in [0, 0.1) is 0 Å². The van der Waals surface area contributed by atoms with Crippen LogP contribution in [0.4, 0.5) is 0 Å². The van der Waals surface area contributed by atoms with Gasteiger partial charge in [-0.2, -0.15) is 0 Å². The van der Waals surface area contributed by atoms with Crippen molar-refractivity contribution >= 4 is 13.3 Å². The van der Waals surface area contributed by atoms with Crippen LogP contribution in [0.1, 0.15) is 72.1 Å². The number of hydrogen-bond acceptors (Lipinski definition) is 4. The maximum atomic E-state index is 13.4. The Morgan fingerprint density at radius 2 is 1.67 bits per heavy atom. The summed E-state index contributed by atoms with van der Waals surface area (Å²) in [5, 5.41) is -1.26. The summed E-state index contributed by atoms with van der Waals surface area (Å²) in [6.45, 7) is 14.9. The van der Waals surface area contributed by atoms with Crippen LogP contribution in [0.2, 0.25) is 0 Å². The van der Waals surface area contributed by atoms with Gasteiger partial charge >= 0.3 is 5.97 Å². The molecule has 0 bridgehead atoms. The van der Waals surface area contributed by atoms with Crippen LogP contribution < -0.4 is 0 Å². The Labute approximate surface area is 127 Å². The van der Waals surface area contributed by atoms with Gasteiger partial charge in [-0.05, 0) is 13.8 Å². The van der Waals surface area contributed by atoms with Gasteiger partial charge in [0.25, 0.3) is 7.37 Å². The van der Waals surface area contributed by atoms with Crippen molar-refractivity contribution in [3.8, 4) is 0 Å². The summed E-state index contributed by atoms with van der Waals surface area (Å²) in [4.78, 5) is 16.5. The summed E-state index contributed by atoms with van der Waals surface area (Å²) in [5.41, 5.74) is 0. The molecule has 0 saturated heterocycles. The first-order chi connectivity index (χ1) is 9.31. The van der Waals surface area contributed by atoms with Gasteiger partial charge in [-0.1, -0.05) is 41.5 Å². The number of imidazole rings is 1. The molecule has 0 amide bonds. The average Bonchev–Trinajstić information content (AvgIpc) is 2.74. The van der Waals surface area contributed by atoms with Gasteiger partial charge in [0.05, 0.1) is 0 Å². The number of hydrogen-bond donors (Lipinski definition) is 0. The minimum Gasteiger partial charge on any atom is -0.405 e. The molecule has 1 rings (SSSR count). The molecule has 1 aromatic heterocycles. The molecule has 0 fully saturated rings. The summed E-state index contributed by atoms with van der Waals surface area (Å²) in [5.74, 6) is -0.430. The molecule has 5 nitrogen and oxygen atoms in total. The monoisotopic (exact) mass is 314 g/mol. The van der Waals surface area contributed by atoms with E-state index in [9.17, 15) is 9.36 Å². The van der Waals surface area contributed by atoms with Crippen LogP contribution in [-0.4, -0.2) is 25.8 Å². The van der Waals surface area contributed by atoms with Crippen molar-refractivity contribution in [2.24, 2.45) is 0 Å². The summed E-state index contributed by atoms with van der Waals surface area (Å²) < 4.78 is 20.6. The standard InChI is InChI=1S/C15H27N2O3P/c1-11(2)17-10-9-16-12(17)13(18)20-21(19,14(3,4)5)15(6,7)8/h9-11H,1-8H3. The van der Waals surface area contributed by atoms with Crippen molar-refractivity contribution in [2.75, 3.05) is 0 Å². The van der Waals surface area contributed by atoms with Crippen molar-refractivity contribution in [1.29, 1.82) is 0 Å². The van der Waals surface area contributed by atoms with E-state index in [0.29, 0.717) is 0 Å². The molecule has 1 heterocycles. The zero-order valence-electron chi connectivity index (χ0n) is 14.3. The lowest BCUT2D eigenvalue weighted by atomic mass is 10.2. The molecule has 0 unspecified atom stereocenters. The van der Waals surface area contributed by atoms with E-state index in [0.717, 1.165) is 0 Å². The van der Waals surface area contributed by atoms with E-state index in [1.54, 1.807) is 17.0 Å². The van der Waals surface area contributed by atoms with E-state index >= 15 is 0 Å². The van der Waals surface area contributed by atoms with Gasteiger partial charge < -0.3 is 9.09 Å². The molecule has 0 aliphatic heterocycles. The van der Waals surface area contributed by atoms with Crippen molar-refractivity contribution in [3.05, 3.63) is 18.2 Å². The normalized spacial score (nSPS) is 13.6. The van der Waals surface area contributed by atoms with E-state index in [1.807, 2.05) is 55.4 Å². The first kappa shape index (κ1) is 18.0. The maximum Gasteiger partial charge on any atom is 0.379 e. The molecular formula is C15H27N2O3P. The summed E-state index contributed by atoms with van der Waals surface area (Å²) in [6, 6.07) is 0.0821. The molecule has 0 aliphatic rings. The number of carbonyl (C=O) groups excluding carboxylic acids is 1. The molecule has 0 atom stereocenters. The predicted octanol–water partition coefficient (Wildman–Crippen LogP) is 4.50. The second kappa shape index (κ2) is 5.60. The molecule has 0 radical (unpaired) electrons. The molecule has 120 valence electrons. The van der Waals surface area contributed by atoms with Gasteiger partial charge in [0.2, 0.25) is 5.82 Å². The third-order valence-electron chi connectivity index (χ3n) is 3.39. The first-order valence-corrected chi connectivity index (χ1v) is 8.81. The van der Waals surface area contributed by atoms with Crippen LogP contribution in [-0.2, 0) is 9.09 Å². The fourth-order valence-electron chi connectivity index (χ4n) is 2.33. The minimum atomic E-state index is -3.24. The second-order valence-corrected chi connectivity index (χ2v) is 11.5. The number of aromatic nitrogens is 2. The molecule has 0 spiro atoms. The lowest BCUT2D eigenvalue weighted by Crippen LogP contribution is -2.32. The number of carbonyl (C=O) groups is 1. The van der Waals surface area contributed by atoms with Gasteiger partial charge in [-0.3, -0.25) is 4.57 Å². The van der Waals surface area contributed by atoms with Crippen LogP contribution in [0.15, 0.2) is 12.4 Å². The molecule has 0 saturated carbocycles.